The van der Waals surface area contributed by atoms with E-state index in [4.69, 9.17) is 9.47 Å². The van der Waals surface area contributed by atoms with Gasteiger partial charge in [-0.05, 0) is 25.0 Å². The monoisotopic (exact) mass is 361 g/mol. The zero-order valence-electron chi connectivity index (χ0n) is 15.3. The lowest BCUT2D eigenvalue weighted by molar-refractivity contribution is -0.129. The van der Waals surface area contributed by atoms with Crippen LogP contribution in [-0.2, 0) is 4.79 Å². The van der Waals surface area contributed by atoms with Crippen LogP contribution in [0.4, 0.5) is 5.69 Å². The molecule has 2 fully saturated rings. The molecule has 26 heavy (non-hydrogen) atoms. The van der Waals surface area contributed by atoms with Crippen LogP contribution >= 0.6 is 0 Å². The van der Waals surface area contributed by atoms with Crippen molar-refractivity contribution in [2.45, 2.75) is 31.9 Å². The topological polar surface area (TPSA) is 65.5 Å². The van der Waals surface area contributed by atoms with Crippen molar-refractivity contribution < 1.29 is 19.4 Å². The molecule has 0 bridgehead atoms. The van der Waals surface area contributed by atoms with Crippen LogP contribution in [0, 0.1) is 0 Å². The number of piperidine rings is 1. The fourth-order valence-electron chi connectivity index (χ4n) is 4.20. The first-order chi connectivity index (χ1) is 12.6. The number of amides is 1. The normalized spacial score (nSPS) is 24.6. The maximum Gasteiger partial charge on any atom is 0.231 e. The second-order valence-corrected chi connectivity index (χ2v) is 7.37. The van der Waals surface area contributed by atoms with Crippen molar-refractivity contribution in [2.75, 3.05) is 51.0 Å². The fourth-order valence-corrected chi connectivity index (χ4v) is 4.20. The largest absolute Gasteiger partial charge is 0.454 e. The second-order valence-electron chi connectivity index (χ2n) is 7.37. The first-order valence-electron chi connectivity index (χ1n) is 9.42. The Morgan fingerprint density at radius 2 is 1.85 bits per heavy atom. The average Bonchev–Trinajstić information content (AvgIpc) is 3.02. The highest BCUT2D eigenvalue weighted by atomic mass is 16.7. The molecule has 3 heterocycles. The van der Waals surface area contributed by atoms with Crippen LogP contribution in [-0.4, -0.2) is 79.0 Å². The third-order valence-electron chi connectivity index (χ3n) is 5.68. The van der Waals surface area contributed by atoms with Crippen molar-refractivity contribution in [2.24, 2.45) is 0 Å². The van der Waals surface area contributed by atoms with Crippen molar-refractivity contribution in [3.05, 3.63) is 18.2 Å². The Morgan fingerprint density at radius 3 is 2.62 bits per heavy atom. The Morgan fingerprint density at radius 1 is 1.08 bits per heavy atom. The Bertz CT molecular complexity index is 660. The van der Waals surface area contributed by atoms with Crippen molar-refractivity contribution in [3.8, 4) is 11.5 Å². The van der Waals surface area contributed by atoms with Crippen molar-refractivity contribution in [3.63, 3.8) is 0 Å². The molecule has 1 unspecified atom stereocenters. The Hall–Kier alpha value is -1.99. The third-order valence-corrected chi connectivity index (χ3v) is 5.68. The van der Waals surface area contributed by atoms with Gasteiger partial charge >= 0.3 is 0 Å². The number of hydrogen-bond acceptors (Lipinski definition) is 6. The van der Waals surface area contributed by atoms with Gasteiger partial charge in [0, 0.05) is 64.0 Å². The molecule has 0 aromatic heterocycles. The molecule has 3 aliphatic heterocycles. The number of carbonyl (C=O) groups excluding carboxylic acids is 1. The van der Waals surface area contributed by atoms with Crippen molar-refractivity contribution in [1.29, 1.82) is 0 Å². The van der Waals surface area contributed by atoms with Crippen LogP contribution in [0.15, 0.2) is 18.2 Å². The number of ether oxygens (including phenoxy) is 2. The molecule has 0 aliphatic carbocycles. The quantitative estimate of drug-likeness (QED) is 0.845. The summed E-state index contributed by atoms with van der Waals surface area (Å²) in [6.07, 6.45) is 1.65. The number of rotatable bonds is 2. The van der Waals surface area contributed by atoms with Gasteiger partial charge in [0.1, 0.15) is 0 Å². The molecule has 1 N–H and O–H groups in total. The average molecular weight is 361 g/mol. The Kier molecular flexibility index (Phi) is 4.91. The molecule has 0 spiro atoms. The number of anilines is 1. The van der Waals surface area contributed by atoms with E-state index in [1.165, 1.54) is 5.69 Å². The summed E-state index contributed by atoms with van der Waals surface area (Å²) in [4.78, 5) is 18.1. The first kappa shape index (κ1) is 17.4. The molecule has 142 valence electrons. The summed E-state index contributed by atoms with van der Waals surface area (Å²) in [6.45, 7) is 6.47. The first-order valence-corrected chi connectivity index (χ1v) is 9.42. The minimum absolute atomic E-state index is 0.0449. The van der Waals surface area contributed by atoms with E-state index in [0.717, 1.165) is 44.0 Å². The van der Waals surface area contributed by atoms with Gasteiger partial charge in [-0.15, -0.1) is 0 Å². The number of aliphatic hydroxyl groups excluding tert-OH is 1. The molecule has 1 aromatic carbocycles. The van der Waals surface area contributed by atoms with E-state index in [1.807, 2.05) is 6.07 Å². The second kappa shape index (κ2) is 7.32. The molecule has 7 nitrogen and oxygen atoms in total. The van der Waals surface area contributed by atoms with Gasteiger partial charge in [0.25, 0.3) is 0 Å². The maximum absolute atomic E-state index is 11.6. The van der Waals surface area contributed by atoms with Gasteiger partial charge < -0.3 is 24.4 Å². The Balaban J connectivity index is 1.35. The van der Waals surface area contributed by atoms with Crippen LogP contribution < -0.4 is 14.4 Å². The zero-order chi connectivity index (χ0) is 18.1. The number of hydrogen-bond donors (Lipinski definition) is 1. The molecule has 0 radical (unpaired) electrons. The van der Waals surface area contributed by atoms with Crippen molar-refractivity contribution >= 4 is 11.6 Å². The van der Waals surface area contributed by atoms with E-state index in [-0.39, 0.29) is 5.91 Å². The van der Waals surface area contributed by atoms with Gasteiger partial charge in [-0.2, -0.15) is 0 Å². The predicted octanol–water partition coefficient (Wildman–Crippen LogP) is 0.909. The van der Waals surface area contributed by atoms with Crippen LogP contribution in [0.5, 0.6) is 11.5 Å². The summed E-state index contributed by atoms with van der Waals surface area (Å²) in [5.74, 6) is 1.69. The lowest BCUT2D eigenvalue weighted by Crippen LogP contribution is -2.47. The number of fused-ring (bicyclic) bond motifs is 1. The summed E-state index contributed by atoms with van der Waals surface area (Å²) in [5, 5.41) is 10.3. The molecule has 4 rings (SSSR count). The van der Waals surface area contributed by atoms with Gasteiger partial charge in [0.2, 0.25) is 12.7 Å². The highest BCUT2D eigenvalue weighted by Gasteiger charge is 2.30. The van der Waals surface area contributed by atoms with Crippen LogP contribution in [0.1, 0.15) is 19.8 Å². The van der Waals surface area contributed by atoms with Gasteiger partial charge in [0.05, 0.1) is 6.10 Å². The van der Waals surface area contributed by atoms with Crippen molar-refractivity contribution in [1.82, 2.24) is 9.80 Å². The summed E-state index contributed by atoms with van der Waals surface area (Å²) in [7, 11) is 0. The molecule has 1 atom stereocenters. The van der Waals surface area contributed by atoms with Crippen LogP contribution in [0.2, 0.25) is 0 Å². The summed E-state index contributed by atoms with van der Waals surface area (Å²) in [5.41, 5.74) is 1.17. The number of β-amino-alcohol motifs (C(OH)–C–C–N with tert-alkyl or cyclic N) is 1. The van der Waals surface area contributed by atoms with E-state index in [9.17, 15) is 9.90 Å². The Labute approximate surface area is 154 Å². The molecule has 2 saturated heterocycles. The van der Waals surface area contributed by atoms with E-state index < -0.39 is 6.10 Å². The molecule has 7 heteroatoms. The predicted molar refractivity (Wildman–Crippen MR) is 97.6 cm³/mol. The molecule has 1 amide bonds. The summed E-state index contributed by atoms with van der Waals surface area (Å²) in [6, 6.07) is 6.59. The smallest absolute Gasteiger partial charge is 0.231 e. The highest BCUT2D eigenvalue weighted by Crippen LogP contribution is 2.36. The minimum Gasteiger partial charge on any atom is -0.454 e. The van der Waals surface area contributed by atoms with E-state index in [0.29, 0.717) is 32.5 Å². The van der Waals surface area contributed by atoms with Gasteiger partial charge in [0.15, 0.2) is 11.5 Å². The van der Waals surface area contributed by atoms with E-state index in [1.54, 1.807) is 11.8 Å². The van der Waals surface area contributed by atoms with Crippen LogP contribution in [0.3, 0.4) is 0 Å². The molecule has 3 aliphatic rings. The summed E-state index contributed by atoms with van der Waals surface area (Å²) >= 11 is 0. The standard InChI is InChI=1S/C19H27N3O4/c1-14(23)21-8-9-22(12-17(24)11-21)15-4-6-20(7-5-15)16-2-3-18-19(10-16)26-13-25-18/h2-3,10,15,17,24H,4-9,11-13H2,1H3. The van der Waals surface area contributed by atoms with Crippen LogP contribution in [0.25, 0.3) is 0 Å². The highest BCUT2D eigenvalue weighted by molar-refractivity contribution is 5.73. The zero-order valence-corrected chi connectivity index (χ0v) is 15.3. The SMILES string of the molecule is CC(=O)N1CCN(C2CCN(c3ccc4c(c3)OCO4)CC2)CC(O)C1. The lowest BCUT2D eigenvalue weighted by atomic mass is 10.0. The number of benzene rings is 1. The summed E-state index contributed by atoms with van der Waals surface area (Å²) < 4.78 is 10.9. The van der Waals surface area contributed by atoms with Gasteiger partial charge in [-0.25, -0.2) is 0 Å². The number of aliphatic hydroxyl groups is 1. The van der Waals surface area contributed by atoms with Gasteiger partial charge in [-0.3, -0.25) is 9.69 Å². The molecule has 1 aromatic rings. The van der Waals surface area contributed by atoms with Gasteiger partial charge in [-0.1, -0.05) is 0 Å². The van der Waals surface area contributed by atoms with E-state index in [2.05, 4.69) is 21.9 Å². The molecular formula is C19H27N3O4. The number of nitrogens with zero attached hydrogens (tertiary/aromatic N) is 3. The molecular weight excluding hydrogens is 334 g/mol. The molecule has 0 saturated carbocycles. The lowest BCUT2D eigenvalue weighted by Gasteiger charge is -2.39. The number of carbonyl (C=O) groups is 1. The minimum atomic E-state index is -0.465. The third kappa shape index (κ3) is 3.59. The fraction of sp³-hybridized carbons (Fsp3) is 0.632. The maximum atomic E-state index is 11.6. The van der Waals surface area contributed by atoms with E-state index >= 15 is 0 Å².